The molecule has 1 aromatic heterocycles. The number of carbonyl (C=O) groups excluding carboxylic acids is 1. The molecule has 1 amide bonds. The molecule has 0 spiro atoms. The van der Waals surface area contributed by atoms with E-state index in [1.54, 1.807) is 7.05 Å². The van der Waals surface area contributed by atoms with Crippen molar-refractivity contribution < 1.29 is 14.7 Å². The fourth-order valence-corrected chi connectivity index (χ4v) is 1.45. The molecule has 5 heteroatoms. The number of anilines is 1. The van der Waals surface area contributed by atoms with Gasteiger partial charge < -0.3 is 5.11 Å². The monoisotopic (exact) mass is 220 g/mol. The molecule has 0 unspecified atom stereocenters. The Morgan fingerprint density at radius 1 is 1.50 bits per heavy atom. The summed E-state index contributed by atoms with van der Waals surface area (Å²) in [5.41, 5.74) is 0.139. The third-order valence-electron chi connectivity index (χ3n) is 2.59. The van der Waals surface area contributed by atoms with Crippen molar-refractivity contribution in [2.45, 2.75) is 12.8 Å². The van der Waals surface area contributed by atoms with Crippen LogP contribution < -0.4 is 4.90 Å². The number of nitrogens with zero attached hydrogens (tertiary/aromatic N) is 2. The smallest absolute Gasteiger partial charge is 0.335 e. The van der Waals surface area contributed by atoms with Gasteiger partial charge >= 0.3 is 5.97 Å². The minimum Gasteiger partial charge on any atom is -0.478 e. The van der Waals surface area contributed by atoms with Gasteiger partial charge in [-0.15, -0.1) is 0 Å². The second kappa shape index (κ2) is 3.92. The van der Waals surface area contributed by atoms with Crippen LogP contribution in [-0.4, -0.2) is 29.0 Å². The number of rotatable bonds is 3. The van der Waals surface area contributed by atoms with E-state index < -0.39 is 5.97 Å². The van der Waals surface area contributed by atoms with Crippen molar-refractivity contribution in [3.8, 4) is 0 Å². The van der Waals surface area contributed by atoms with Crippen LogP contribution in [0.1, 0.15) is 23.2 Å². The Morgan fingerprint density at radius 3 is 2.75 bits per heavy atom. The van der Waals surface area contributed by atoms with Crippen molar-refractivity contribution in [3.05, 3.63) is 23.9 Å². The van der Waals surface area contributed by atoms with E-state index in [1.807, 2.05) is 0 Å². The molecule has 1 aromatic rings. The lowest BCUT2D eigenvalue weighted by atomic mass is 10.2. The van der Waals surface area contributed by atoms with Gasteiger partial charge in [0.15, 0.2) is 0 Å². The maximum absolute atomic E-state index is 11.7. The zero-order valence-electron chi connectivity index (χ0n) is 8.88. The Hall–Kier alpha value is -1.91. The van der Waals surface area contributed by atoms with Crippen LogP contribution in [0.5, 0.6) is 0 Å². The number of carboxylic acid groups (broad SMARTS) is 1. The molecule has 2 rings (SSSR count). The number of aromatic carboxylic acids is 1. The number of hydrogen-bond donors (Lipinski definition) is 1. The molecule has 1 saturated carbocycles. The molecule has 0 atom stereocenters. The van der Waals surface area contributed by atoms with E-state index in [9.17, 15) is 9.59 Å². The highest BCUT2D eigenvalue weighted by Crippen LogP contribution is 2.31. The highest BCUT2D eigenvalue weighted by atomic mass is 16.4. The molecule has 1 aliphatic carbocycles. The summed E-state index contributed by atoms with van der Waals surface area (Å²) in [5.74, 6) is -0.525. The van der Waals surface area contributed by atoms with E-state index >= 15 is 0 Å². The minimum atomic E-state index is -1.02. The predicted molar refractivity (Wildman–Crippen MR) is 57.3 cm³/mol. The highest BCUT2D eigenvalue weighted by molar-refractivity contribution is 5.96. The van der Waals surface area contributed by atoms with Gasteiger partial charge in [-0.2, -0.15) is 0 Å². The number of aromatic nitrogens is 1. The molecular formula is C11H12N2O3. The number of hydrogen-bond acceptors (Lipinski definition) is 3. The molecule has 1 N–H and O–H groups in total. The summed E-state index contributed by atoms with van der Waals surface area (Å²) in [6.45, 7) is 0. The van der Waals surface area contributed by atoms with Gasteiger partial charge in [-0.25, -0.2) is 9.78 Å². The molecule has 1 heterocycles. The lowest BCUT2D eigenvalue weighted by molar-refractivity contribution is -0.119. The van der Waals surface area contributed by atoms with Crippen LogP contribution in [0.2, 0.25) is 0 Å². The zero-order valence-corrected chi connectivity index (χ0v) is 8.88. The van der Waals surface area contributed by atoms with Crippen LogP contribution in [0.4, 0.5) is 5.82 Å². The van der Waals surface area contributed by atoms with Crippen LogP contribution in [0.15, 0.2) is 18.3 Å². The Balaban J connectivity index is 2.22. The first kappa shape index (κ1) is 10.6. The van der Waals surface area contributed by atoms with E-state index in [2.05, 4.69) is 4.98 Å². The average molecular weight is 220 g/mol. The SMILES string of the molecule is CN(C(=O)C1CC1)c1cc(C(=O)O)ccn1. The van der Waals surface area contributed by atoms with Crippen molar-refractivity contribution >= 4 is 17.7 Å². The molecule has 5 nitrogen and oxygen atoms in total. The maximum Gasteiger partial charge on any atom is 0.335 e. The first-order valence-electron chi connectivity index (χ1n) is 5.06. The normalized spacial score (nSPS) is 14.6. The molecule has 0 aliphatic heterocycles. The number of amides is 1. The number of carboxylic acids is 1. The van der Waals surface area contributed by atoms with Gasteiger partial charge in [0.2, 0.25) is 5.91 Å². The van der Waals surface area contributed by atoms with Gasteiger partial charge in [-0.1, -0.05) is 0 Å². The van der Waals surface area contributed by atoms with Crippen molar-refractivity contribution in [1.82, 2.24) is 4.98 Å². The van der Waals surface area contributed by atoms with Crippen molar-refractivity contribution in [3.63, 3.8) is 0 Å². The van der Waals surface area contributed by atoms with Gasteiger partial charge in [0.25, 0.3) is 0 Å². The third-order valence-corrected chi connectivity index (χ3v) is 2.59. The summed E-state index contributed by atoms with van der Waals surface area (Å²) in [4.78, 5) is 27.9. The Bertz CT molecular complexity index is 441. The third kappa shape index (κ3) is 2.03. The topological polar surface area (TPSA) is 70.5 Å². The zero-order chi connectivity index (χ0) is 11.7. The van der Waals surface area contributed by atoms with E-state index in [1.165, 1.54) is 23.2 Å². The van der Waals surface area contributed by atoms with Crippen LogP contribution in [0.3, 0.4) is 0 Å². The summed E-state index contributed by atoms with van der Waals surface area (Å²) >= 11 is 0. The Labute approximate surface area is 92.7 Å². The highest BCUT2D eigenvalue weighted by Gasteiger charge is 2.32. The molecule has 0 saturated heterocycles. The first-order chi connectivity index (χ1) is 7.59. The molecular weight excluding hydrogens is 208 g/mol. The van der Waals surface area contributed by atoms with E-state index in [4.69, 9.17) is 5.11 Å². The van der Waals surface area contributed by atoms with E-state index in [0.29, 0.717) is 5.82 Å². The minimum absolute atomic E-state index is 0.00930. The van der Waals surface area contributed by atoms with Gasteiger partial charge in [0, 0.05) is 19.2 Å². The quantitative estimate of drug-likeness (QED) is 0.829. The van der Waals surface area contributed by atoms with E-state index in [0.717, 1.165) is 12.8 Å². The van der Waals surface area contributed by atoms with Gasteiger partial charge in [0.1, 0.15) is 5.82 Å². The molecule has 0 bridgehead atoms. The lowest BCUT2D eigenvalue weighted by Gasteiger charge is -2.15. The van der Waals surface area contributed by atoms with Crippen LogP contribution in [-0.2, 0) is 4.79 Å². The molecule has 84 valence electrons. The standard InChI is InChI=1S/C11H12N2O3/c1-13(10(14)7-2-3-7)9-6-8(11(15)16)4-5-12-9/h4-7H,2-3H2,1H3,(H,15,16). The van der Waals surface area contributed by atoms with Crippen molar-refractivity contribution in [1.29, 1.82) is 0 Å². The summed E-state index contributed by atoms with van der Waals surface area (Å²) in [5, 5.41) is 8.82. The van der Waals surface area contributed by atoms with Crippen molar-refractivity contribution in [2.75, 3.05) is 11.9 Å². The largest absolute Gasteiger partial charge is 0.478 e. The second-order valence-electron chi connectivity index (χ2n) is 3.88. The van der Waals surface area contributed by atoms with Crippen LogP contribution in [0, 0.1) is 5.92 Å². The Kier molecular flexibility index (Phi) is 2.60. The molecule has 16 heavy (non-hydrogen) atoms. The fraction of sp³-hybridized carbons (Fsp3) is 0.364. The predicted octanol–water partition coefficient (Wildman–Crippen LogP) is 1.15. The first-order valence-corrected chi connectivity index (χ1v) is 5.06. The summed E-state index contributed by atoms with van der Waals surface area (Å²) < 4.78 is 0. The van der Waals surface area contributed by atoms with Crippen LogP contribution in [0.25, 0.3) is 0 Å². The Morgan fingerprint density at radius 2 is 2.19 bits per heavy atom. The van der Waals surface area contributed by atoms with Gasteiger partial charge in [0.05, 0.1) is 5.56 Å². The van der Waals surface area contributed by atoms with Crippen LogP contribution >= 0.6 is 0 Å². The summed E-state index contributed by atoms with van der Waals surface area (Å²) in [7, 11) is 1.62. The average Bonchev–Trinajstić information content (AvgIpc) is 3.11. The lowest BCUT2D eigenvalue weighted by Crippen LogP contribution is -2.28. The maximum atomic E-state index is 11.7. The van der Waals surface area contributed by atoms with Crippen molar-refractivity contribution in [2.24, 2.45) is 5.92 Å². The number of pyridine rings is 1. The molecule has 0 radical (unpaired) electrons. The summed E-state index contributed by atoms with van der Waals surface area (Å²) in [6.07, 6.45) is 3.24. The molecule has 0 aromatic carbocycles. The second-order valence-corrected chi connectivity index (χ2v) is 3.88. The fourth-order valence-electron chi connectivity index (χ4n) is 1.45. The van der Waals surface area contributed by atoms with E-state index in [-0.39, 0.29) is 17.4 Å². The summed E-state index contributed by atoms with van der Waals surface area (Å²) in [6, 6.07) is 2.81. The van der Waals surface area contributed by atoms with Gasteiger partial charge in [-0.3, -0.25) is 9.69 Å². The van der Waals surface area contributed by atoms with Gasteiger partial charge in [-0.05, 0) is 25.0 Å². The molecule has 1 fully saturated rings. The molecule has 1 aliphatic rings. The number of carbonyl (C=O) groups is 2.